The number of nitrogens with one attached hydrogen (secondary N) is 1. The van der Waals surface area contributed by atoms with Gasteiger partial charge in [0.25, 0.3) is 0 Å². The van der Waals surface area contributed by atoms with Gasteiger partial charge in [-0.15, -0.1) is 0 Å². The zero-order valence-corrected chi connectivity index (χ0v) is 25.4. The van der Waals surface area contributed by atoms with E-state index in [1.165, 1.54) is 116 Å². The number of hydrogen-bond donors (Lipinski definition) is 3. The first-order valence-electron chi connectivity index (χ1n) is 16.6. The molecule has 0 saturated carbocycles. The predicted octanol–water partition coefficient (Wildman–Crippen LogP) is 9.34. The molecule has 224 valence electrons. The molecule has 2 unspecified atom stereocenters. The normalized spacial score (nSPS) is 13.5. The average Bonchev–Trinajstić information content (AvgIpc) is 2.92. The molecule has 0 radical (unpaired) electrons. The lowest BCUT2D eigenvalue weighted by atomic mass is 10.0. The molecule has 0 bridgehead atoms. The van der Waals surface area contributed by atoms with Crippen molar-refractivity contribution in [3.8, 4) is 0 Å². The lowest BCUT2D eigenvalue weighted by Crippen LogP contribution is -2.45. The smallest absolute Gasteiger partial charge is 0.220 e. The highest BCUT2D eigenvalue weighted by atomic mass is 16.3. The first kappa shape index (κ1) is 36.9. The van der Waals surface area contributed by atoms with Crippen LogP contribution in [0.3, 0.4) is 0 Å². The van der Waals surface area contributed by atoms with Crippen LogP contribution in [0.25, 0.3) is 0 Å². The van der Waals surface area contributed by atoms with Crippen molar-refractivity contribution >= 4 is 5.91 Å². The SMILES string of the molecule is CCCCCCCCCCCCCCC/C=C/CC/C=C/C(O)C(CO)NC(=O)CCCCCCCCC. The summed E-state index contributed by atoms with van der Waals surface area (Å²) in [6, 6.07) is -0.630. The number of allylic oxidation sites excluding steroid dienone is 3. The van der Waals surface area contributed by atoms with E-state index in [2.05, 4.69) is 31.3 Å². The van der Waals surface area contributed by atoms with E-state index in [0.29, 0.717) is 6.42 Å². The summed E-state index contributed by atoms with van der Waals surface area (Å²) < 4.78 is 0. The maximum atomic E-state index is 12.1. The first-order chi connectivity index (χ1) is 18.7. The molecule has 0 saturated heterocycles. The van der Waals surface area contributed by atoms with Crippen LogP contribution in [0.1, 0.15) is 168 Å². The van der Waals surface area contributed by atoms with Gasteiger partial charge in [-0.2, -0.15) is 0 Å². The van der Waals surface area contributed by atoms with E-state index in [1.807, 2.05) is 6.08 Å². The third-order valence-electron chi connectivity index (χ3n) is 7.44. The van der Waals surface area contributed by atoms with Gasteiger partial charge in [0.2, 0.25) is 5.91 Å². The molecule has 2 atom stereocenters. The lowest BCUT2D eigenvalue weighted by molar-refractivity contribution is -0.123. The Kier molecular flexibility index (Phi) is 29.5. The van der Waals surface area contributed by atoms with Crippen molar-refractivity contribution in [3.63, 3.8) is 0 Å². The summed E-state index contributed by atoms with van der Waals surface area (Å²) in [6.45, 7) is 4.24. The van der Waals surface area contributed by atoms with Gasteiger partial charge in [0.1, 0.15) is 0 Å². The van der Waals surface area contributed by atoms with Gasteiger partial charge < -0.3 is 15.5 Å². The summed E-state index contributed by atoms with van der Waals surface area (Å²) in [6.07, 6.45) is 37.0. The predicted molar refractivity (Wildman–Crippen MR) is 165 cm³/mol. The molecule has 0 aromatic rings. The quantitative estimate of drug-likeness (QED) is 0.0660. The highest BCUT2D eigenvalue weighted by Crippen LogP contribution is 2.13. The fraction of sp³-hybridized carbons (Fsp3) is 0.853. The Morgan fingerprint density at radius 2 is 1.03 bits per heavy atom. The zero-order valence-electron chi connectivity index (χ0n) is 25.4. The third kappa shape index (κ3) is 26.5. The number of unbranched alkanes of at least 4 members (excludes halogenated alkanes) is 20. The van der Waals surface area contributed by atoms with Crippen molar-refractivity contribution in [3.05, 3.63) is 24.3 Å². The largest absolute Gasteiger partial charge is 0.394 e. The Bertz CT molecular complexity index is 546. The molecule has 1 amide bonds. The number of hydrogen-bond acceptors (Lipinski definition) is 3. The van der Waals surface area contributed by atoms with Crippen molar-refractivity contribution in [1.82, 2.24) is 5.32 Å². The number of aliphatic hydroxyl groups is 2. The fourth-order valence-electron chi connectivity index (χ4n) is 4.84. The molecule has 0 aliphatic heterocycles. The minimum absolute atomic E-state index is 0.0823. The van der Waals surface area contributed by atoms with E-state index >= 15 is 0 Å². The summed E-state index contributed by atoms with van der Waals surface area (Å²) in [5, 5.41) is 22.7. The van der Waals surface area contributed by atoms with E-state index in [-0.39, 0.29) is 12.5 Å². The topological polar surface area (TPSA) is 69.6 Å². The Hall–Kier alpha value is -1.13. The molecule has 0 aromatic heterocycles. The molecule has 0 spiro atoms. The molecule has 0 aliphatic rings. The standard InChI is InChI=1S/C34H65NO3/c1-3-5-7-9-11-12-13-14-15-16-17-18-19-20-21-22-24-25-27-29-33(37)32(31-36)35-34(38)30-28-26-23-10-8-6-4-2/h21-22,27,29,32-33,36-37H,3-20,23-26,28,30-31H2,1-2H3,(H,35,38)/b22-21+,29-27+. The van der Waals surface area contributed by atoms with E-state index in [9.17, 15) is 15.0 Å². The summed E-state index contributed by atoms with van der Waals surface area (Å²) in [5.41, 5.74) is 0. The van der Waals surface area contributed by atoms with Crippen molar-refractivity contribution in [2.75, 3.05) is 6.61 Å². The molecular weight excluding hydrogens is 470 g/mol. The van der Waals surface area contributed by atoms with Gasteiger partial charge >= 0.3 is 0 Å². The number of carbonyl (C=O) groups is 1. The van der Waals surface area contributed by atoms with Gasteiger partial charge in [0.05, 0.1) is 18.8 Å². The Morgan fingerprint density at radius 1 is 0.605 bits per heavy atom. The summed E-state index contributed by atoms with van der Waals surface area (Å²) in [4.78, 5) is 12.1. The minimum atomic E-state index is -0.854. The van der Waals surface area contributed by atoms with Gasteiger partial charge in [-0.1, -0.05) is 154 Å². The van der Waals surface area contributed by atoms with Gasteiger partial charge in [0.15, 0.2) is 0 Å². The monoisotopic (exact) mass is 535 g/mol. The molecule has 4 nitrogen and oxygen atoms in total. The zero-order chi connectivity index (χ0) is 27.9. The van der Waals surface area contributed by atoms with Gasteiger partial charge in [-0.25, -0.2) is 0 Å². The van der Waals surface area contributed by atoms with Crippen LogP contribution in [0.15, 0.2) is 24.3 Å². The van der Waals surface area contributed by atoms with Crippen molar-refractivity contribution < 1.29 is 15.0 Å². The van der Waals surface area contributed by atoms with Gasteiger partial charge in [0, 0.05) is 6.42 Å². The molecule has 3 N–H and O–H groups in total. The van der Waals surface area contributed by atoms with Crippen LogP contribution in [-0.2, 0) is 4.79 Å². The maximum Gasteiger partial charge on any atom is 0.220 e. The molecular formula is C34H65NO3. The molecule has 0 aliphatic carbocycles. The second-order valence-electron chi connectivity index (χ2n) is 11.2. The molecule has 38 heavy (non-hydrogen) atoms. The second kappa shape index (κ2) is 30.4. The average molecular weight is 536 g/mol. The number of aliphatic hydroxyl groups excluding tert-OH is 2. The van der Waals surface area contributed by atoms with E-state index < -0.39 is 12.1 Å². The van der Waals surface area contributed by atoms with Crippen molar-refractivity contribution in [1.29, 1.82) is 0 Å². The van der Waals surface area contributed by atoms with Crippen LogP contribution in [0.2, 0.25) is 0 Å². The molecule has 0 rings (SSSR count). The first-order valence-corrected chi connectivity index (χ1v) is 16.6. The Morgan fingerprint density at radius 3 is 1.53 bits per heavy atom. The van der Waals surface area contributed by atoms with E-state index in [0.717, 1.165) is 32.1 Å². The lowest BCUT2D eigenvalue weighted by Gasteiger charge is -2.19. The van der Waals surface area contributed by atoms with Crippen LogP contribution < -0.4 is 5.32 Å². The van der Waals surface area contributed by atoms with Crippen molar-refractivity contribution in [2.45, 2.75) is 180 Å². The summed E-state index contributed by atoms with van der Waals surface area (Å²) in [7, 11) is 0. The summed E-state index contributed by atoms with van der Waals surface area (Å²) in [5.74, 6) is -0.0823. The third-order valence-corrected chi connectivity index (χ3v) is 7.44. The highest BCUT2D eigenvalue weighted by Gasteiger charge is 2.17. The van der Waals surface area contributed by atoms with Crippen LogP contribution in [0.4, 0.5) is 0 Å². The molecule has 0 fully saturated rings. The second-order valence-corrected chi connectivity index (χ2v) is 11.2. The Balaban J connectivity index is 3.64. The number of amides is 1. The van der Waals surface area contributed by atoms with E-state index in [1.54, 1.807) is 6.08 Å². The van der Waals surface area contributed by atoms with Crippen molar-refractivity contribution in [2.24, 2.45) is 0 Å². The van der Waals surface area contributed by atoms with Crippen LogP contribution in [0.5, 0.6) is 0 Å². The molecule has 0 heterocycles. The Labute approximate surface area is 237 Å². The minimum Gasteiger partial charge on any atom is -0.394 e. The van der Waals surface area contributed by atoms with Gasteiger partial charge in [-0.3, -0.25) is 4.79 Å². The molecule has 0 aromatic carbocycles. The van der Waals surface area contributed by atoms with Crippen LogP contribution in [-0.4, -0.2) is 34.9 Å². The molecule has 4 heteroatoms. The van der Waals surface area contributed by atoms with E-state index in [4.69, 9.17) is 0 Å². The number of carbonyl (C=O) groups excluding carboxylic acids is 1. The summed E-state index contributed by atoms with van der Waals surface area (Å²) >= 11 is 0. The fourth-order valence-corrected chi connectivity index (χ4v) is 4.84. The number of rotatable bonds is 29. The van der Waals surface area contributed by atoms with Crippen LogP contribution in [0, 0.1) is 0 Å². The maximum absolute atomic E-state index is 12.1. The van der Waals surface area contributed by atoms with Gasteiger partial charge in [-0.05, 0) is 32.1 Å². The van der Waals surface area contributed by atoms with Crippen LogP contribution >= 0.6 is 0 Å². The highest BCUT2D eigenvalue weighted by molar-refractivity contribution is 5.76.